The Kier molecular flexibility index (Phi) is 5.33. The second-order valence-corrected chi connectivity index (χ2v) is 8.83. The Morgan fingerprint density at radius 1 is 0.821 bits per heavy atom. The fraction of sp³-hybridized carbons (Fsp3) is 0. The van der Waals surface area contributed by atoms with Gasteiger partial charge in [0.15, 0.2) is 11.5 Å². The Morgan fingerprint density at radius 3 is 2.59 bits per heavy atom. The second kappa shape index (κ2) is 9.27. The van der Waals surface area contributed by atoms with Crippen LogP contribution >= 0.6 is 0 Å². The molecule has 39 heavy (non-hydrogen) atoms. The van der Waals surface area contributed by atoms with Crippen LogP contribution in [0, 0.1) is 0 Å². The first kappa shape index (κ1) is 22.4. The van der Waals surface area contributed by atoms with Crippen molar-refractivity contribution >= 4 is 33.7 Å². The third-order valence-corrected chi connectivity index (χ3v) is 6.32. The van der Waals surface area contributed by atoms with Crippen molar-refractivity contribution in [1.29, 1.82) is 0 Å². The molecule has 10 heteroatoms. The molecule has 7 rings (SSSR count). The molecule has 0 bridgehead atoms. The van der Waals surface area contributed by atoms with E-state index in [1.807, 2.05) is 54.6 Å². The van der Waals surface area contributed by atoms with Crippen LogP contribution in [0.15, 0.2) is 97.7 Å². The molecule has 7 aromatic rings. The molecule has 1 aromatic carbocycles. The van der Waals surface area contributed by atoms with Crippen LogP contribution in [0.5, 0.6) is 0 Å². The van der Waals surface area contributed by atoms with Crippen molar-refractivity contribution in [2.45, 2.75) is 0 Å². The lowest BCUT2D eigenvalue weighted by molar-refractivity contribution is 0.102. The lowest BCUT2D eigenvalue weighted by Crippen LogP contribution is -2.11. The van der Waals surface area contributed by atoms with Crippen LogP contribution in [-0.4, -0.2) is 46.0 Å². The topological polar surface area (TPSA) is 138 Å². The highest BCUT2D eigenvalue weighted by Gasteiger charge is 2.17. The minimum absolute atomic E-state index is 0.210. The fourth-order valence-electron chi connectivity index (χ4n) is 4.45. The first-order valence-corrected chi connectivity index (χ1v) is 12.2. The predicted octanol–water partition coefficient (Wildman–Crippen LogP) is 5.27. The van der Waals surface area contributed by atoms with E-state index in [1.54, 1.807) is 43.1 Å². The van der Waals surface area contributed by atoms with E-state index in [2.05, 4.69) is 40.4 Å². The summed E-state index contributed by atoms with van der Waals surface area (Å²) in [6, 6.07) is 20.4. The number of H-pyrrole nitrogens is 2. The zero-order valence-electron chi connectivity index (χ0n) is 20.3. The van der Waals surface area contributed by atoms with Gasteiger partial charge in [-0.05, 0) is 42.5 Å². The Morgan fingerprint density at radius 2 is 1.72 bits per heavy atom. The predicted molar refractivity (Wildman–Crippen MR) is 148 cm³/mol. The molecule has 0 atom stereocenters. The minimum Gasteiger partial charge on any atom is -0.321 e. The first-order chi connectivity index (χ1) is 19.2. The number of amides is 1. The van der Waals surface area contributed by atoms with Gasteiger partial charge in [0.25, 0.3) is 5.91 Å². The molecule has 0 unspecified atom stereocenters. The van der Waals surface area contributed by atoms with E-state index < -0.39 is 0 Å². The Labute approximate surface area is 221 Å². The number of imidazole rings is 1. The molecule has 6 heterocycles. The maximum absolute atomic E-state index is 12.6. The van der Waals surface area contributed by atoms with Gasteiger partial charge in [0.05, 0.1) is 35.0 Å². The molecule has 1 amide bonds. The molecule has 3 N–H and O–H groups in total. The lowest BCUT2D eigenvalue weighted by atomic mass is 10.1. The summed E-state index contributed by atoms with van der Waals surface area (Å²) in [5.74, 6) is 0.366. The number of aromatic amines is 2. The zero-order valence-corrected chi connectivity index (χ0v) is 20.3. The summed E-state index contributed by atoms with van der Waals surface area (Å²) in [7, 11) is 0. The van der Waals surface area contributed by atoms with Crippen molar-refractivity contribution in [2.75, 3.05) is 5.32 Å². The van der Waals surface area contributed by atoms with Gasteiger partial charge in [0.1, 0.15) is 11.2 Å². The second-order valence-electron chi connectivity index (χ2n) is 8.83. The summed E-state index contributed by atoms with van der Waals surface area (Å²) in [5, 5.41) is 11.3. The summed E-state index contributed by atoms with van der Waals surface area (Å²) in [5.41, 5.74) is 7.01. The van der Waals surface area contributed by atoms with E-state index in [4.69, 9.17) is 4.98 Å². The molecule has 0 radical (unpaired) electrons. The molecule has 0 aliphatic carbocycles. The smallest absolute Gasteiger partial charge is 0.255 e. The summed E-state index contributed by atoms with van der Waals surface area (Å²) < 4.78 is 0. The molecule has 0 aliphatic rings. The highest BCUT2D eigenvalue weighted by molar-refractivity contribution is 6.04. The fourth-order valence-corrected chi connectivity index (χ4v) is 4.45. The summed E-state index contributed by atoms with van der Waals surface area (Å²) in [6.07, 6.45) is 8.51. The number of benzene rings is 1. The zero-order chi connectivity index (χ0) is 26.2. The molecule has 10 nitrogen and oxygen atoms in total. The average molecular weight is 510 g/mol. The maximum atomic E-state index is 12.6. The molecular weight excluding hydrogens is 490 g/mol. The van der Waals surface area contributed by atoms with Crippen molar-refractivity contribution in [3.63, 3.8) is 0 Å². The quantitative estimate of drug-likeness (QED) is 0.287. The van der Waals surface area contributed by atoms with Crippen LogP contribution in [0.4, 0.5) is 5.69 Å². The number of rotatable bonds is 5. The molecule has 0 spiro atoms. The number of carbonyl (C=O) groups is 1. The van der Waals surface area contributed by atoms with Crippen LogP contribution in [0.1, 0.15) is 10.4 Å². The van der Waals surface area contributed by atoms with Crippen LogP contribution < -0.4 is 5.32 Å². The number of nitrogens with zero attached hydrogens (tertiary/aromatic N) is 6. The normalized spacial score (nSPS) is 11.2. The van der Waals surface area contributed by atoms with E-state index in [0.29, 0.717) is 39.6 Å². The van der Waals surface area contributed by atoms with E-state index in [1.165, 1.54) is 0 Å². The summed E-state index contributed by atoms with van der Waals surface area (Å²) >= 11 is 0. The third kappa shape index (κ3) is 4.15. The lowest BCUT2D eigenvalue weighted by Gasteiger charge is -2.07. The number of carbonyl (C=O) groups excluding carboxylic acids is 1. The van der Waals surface area contributed by atoms with Gasteiger partial charge in [0.2, 0.25) is 0 Å². The van der Waals surface area contributed by atoms with Crippen LogP contribution in [0.25, 0.3) is 56.1 Å². The molecule has 0 aliphatic heterocycles. The van der Waals surface area contributed by atoms with Gasteiger partial charge < -0.3 is 10.3 Å². The summed E-state index contributed by atoms with van der Waals surface area (Å²) in [6.45, 7) is 0. The van der Waals surface area contributed by atoms with Gasteiger partial charge in [-0.25, -0.2) is 9.97 Å². The van der Waals surface area contributed by atoms with Gasteiger partial charge in [-0.1, -0.05) is 24.3 Å². The third-order valence-electron chi connectivity index (χ3n) is 6.32. The average Bonchev–Trinajstić information content (AvgIpc) is 3.62. The van der Waals surface area contributed by atoms with Crippen LogP contribution in [0.3, 0.4) is 0 Å². The molecule has 0 fully saturated rings. The Hall–Kier alpha value is -5.77. The monoisotopic (exact) mass is 509 g/mol. The molecule has 0 saturated carbocycles. The van der Waals surface area contributed by atoms with Gasteiger partial charge >= 0.3 is 0 Å². The first-order valence-electron chi connectivity index (χ1n) is 12.2. The standard InChI is InChI=1S/C29H19N9O/c39-29(17-6-2-1-3-7-17)34-19-12-18(14-30-15-19)23-13-21-24(16-33-23)37-38-26(21)28-35-25-20(9-11-32-27(25)36-28)22-8-4-5-10-31-22/h1-16H,(H,34,39)(H,37,38)(H,32,35,36). The Balaban J connectivity index is 1.25. The number of fused-ring (bicyclic) bond motifs is 2. The number of aromatic nitrogens is 8. The Bertz CT molecular complexity index is 1960. The van der Waals surface area contributed by atoms with E-state index in [9.17, 15) is 4.79 Å². The van der Waals surface area contributed by atoms with Crippen molar-refractivity contribution in [3.8, 4) is 34.0 Å². The number of hydrogen-bond acceptors (Lipinski definition) is 7. The molecule has 186 valence electrons. The highest BCUT2D eigenvalue weighted by Crippen LogP contribution is 2.31. The summed E-state index contributed by atoms with van der Waals surface area (Å²) in [4.78, 5) is 38.6. The van der Waals surface area contributed by atoms with Crippen molar-refractivity contribution in [2.24, 2.45) is 0 Å². The SMILES string of the molecule is O=C(Nc1cncc(-c2cc3c(-c4nc5c(-c6ccccn6)ccnc5[nH]4)n[nH]c3cn2)c1)c1ccccc1. The number of hydrogen-bond donors (Lipinski definition) is 3. The van der Waals surface area contributed by atoms with Crippen LogP contribution in [0.2, 0.25) is 0 Å². The van der Waals surface area contributed by atoms with Gasteiger partial charge in [-0.3, -0.25) is 24.8 Å². The molecule has 0 saturated heterocycles. The van der Waals surface area contributed by atoms with Crippen molar-refractivity contribution in [3.05, 3.63) is 103 Å². The molecule has 6 aromatic heterocycles. The van der Waals surface area contributed by atoms with E-state index in [-0.39, 0.29) is 5.91 Å². The van der Waals surface area contributed by atoms with Crippen molar-refractivity contribution < 1.29 is 4.79 Å². The number of anilines is 1. The van der Waals surface area contributed by atoms with Gasteiger partial charge in [-0.2, -0.15) is 5.10 Å². The van der Waals surface area contributed by atoms with Gasteiger partial charge in [-0.15, -0.1) is 0 Å². The van der Waals surface area contributed by atoms with E-state index in [0.717, 1.165) is 27.7 Å². The largest absolute Gasteiger partial charge is 0.321 e. The van der Waals surface area contributed by atoms with Crippen LogP contribution in [-0.2, 0) is 0 Å². The minimum atomic E-state index is -0.210. The van der Waals surface area contributed by atoms with Crippen molar-refractivity contribution in [1.82, 2.24) is 40.1 Å². The number of pyridine rings is 4. The number of nitrogens with one attached hydrogen (secondary N) is 3. The highest BCUT2D eigenvalue weighted by atomic mass is 16.1. The maximum Gasteiger partial charge on any atom is 0.255 e. The molecular formula is C29H19N9O. The van der Waals surface area contributed by atoms with E-state index >= 15 is 0 Å². The van der Waals surface area contributed by atoms with Gasteiger partial charge in [0, 0.05) is 40.7 Å².